The molecule has 27 heavy (non-hydrogen) atoms. The maximum atomic E-state index is 12.1. The van der Waals surface area contributed by atoms with Gasteiger partial charge in [0.05, 0.1) is 17.3 Å². The van der Waals surface area contributed by atoms with Crippen molar-refractivity contribution in [1.82, 2.24) is 4.98 Å². The molecule has 2 aliphatic heterocycles. The summed E-state index contributed by atoms with van der Waals surface area (Å²) in [5.41, 5.74) is 8.28. The minimum absolute atomic E-state index is 0.241. The predicted molar refractivity (Wildman–Crippen MR) is 104 cm³/mol. The van der Waals surface area contributed by atoms with Crippen molar-refractivity contribution in [2.24, 2.45) is 0 Å². The largest absolute Gasteiger partial charge is 0.312 e. The number of aromatic nitrogens is 1. The smallest absolute Gasteiger partial charge is 0.227 e. The molecule has 4 heteroatoms. The number of carbonyl (C=O) groups excluding carboxylic acids is 1. The van der Waals surface area contributed by atoms with E-state index >= 15 is 0 Å². The zero-order chi connectivity index (χ0) is 18.4. The van der Waals surface area contributed by atoms with Crippen LogP contribution in [0.3, 0.4) is 0 Å². The van der Waals surface area contributed by atoms with E-state index in [-0.39, 0.29) is 5.91 Å². The quantitative estimate of drug-likeness (QED) is 0.698. The first-order valence-corrected chi connectivity index (χ1v) is 9.15. The third-order valence-electron chi connectivity index (χ3n) is 5.48. The van der Waals surface area contributed by atoms with Crippen LogP contribution >= 0.6 is 0 Å². The van der Waals surface area contributed by atoms with Crippen molar-refractivity contribution in [3.05, 3.63) is 71.5 Å². The Bertz CT molecular complexity index is 1130. The summed E-state index contributed by atoms with van der Waals surface area (Å²) in [6.45, 7) is 0.790. The molecule has 0 spiro atoms. The molecule has 2 aliphatic rings. The Hall–Kier alpha value is -3.45. The second-order valence-electron chi connectivity index (χ2n) is 7.06. The Labute approximate surface area is 157 Å². The molecule has 1 amide bonds. The average molecular weight is 351 g/mol. The standard InChI is InChI=1S/C23H17N3O/c24-12-17-3-1-2-4-21(17)20-11-19(13-25-14-20)18-9-15-5-6-22(27)26-8-7-16(10-18)23(15)26/h1-4,9-11,13-14H,5-8H2. The van der Waals surface area contributed by atoms with Gasteiger partial charge in [-0.1, -0.05) is 18.2 Å². The minimum Gasteiger partial charge on any atom is -0.312 e. The molecule has 0 bridgehead atoms. The zero-order valence-electron chi connectivity index (χ0n) is 14.8. The van der Waals surface area contributed by atoms with Crippen molar-refractivity contribution in [3.8, 4) is 28.3 Å². The average Bonchev–Trinajstić information content (AvgIpc) is 3.16. The van der Waals surface area contributed by atoms with Gasteiger partial charge in [0, 0.05) is 42.0 Å². The van der Waals surface area contributed by atoms with E-state index in [0.29, 0.717) is 12.0 Å². The Morgan fingerprint density at radius 2 is 1.70 bits per heavy atom. The lowest BCUT2D eigenvalue weighted by molar-refractivity contribution is -0.118. The lowest BCUT2D eigenvalue weighted by Gasteiger charge is -2.25. The lowest BCUT2D eigenvalue weighted by atomic mass is 9.93. The molecule has 4 nitrogen and oxygen atoms in total. The fourth-order valence-electron chi connectivity index (χ4n) is 4.20. The number of rotatable bonds is 2. The number of anilines is 1. The Morgan fingerprint density at radius 3 is 2.56 bits per heavy atom. The first kappa shape index (κ1) is 15.8. The van der Waals surface area contributed by atoms with Crippen LogP contribution < -0.4 is 4.90 Å². The molecular weight excluding hydrogens is 334 g/mol. The molecule has 130 valence electrons. The Kier molecular flexibility index (Phi) is 3.54. The highest BCUT2D eigenvalue weighted by Crippen LogP contribution is 2.40. The highest BCUT2D eigenvalue weighted by atomic mass is 16.2. The molecule has 1 aromatic heterocycles. The molecule has 0 N–H and O–H groups in total. The van der Waals surface area contributed by atoms with Crippen LogP contribution in [0.1, 0.15) is 23.1 Å². The van der Waals surface area contributed by atoms with Crippen LogP contribution in [0.15, 0.2) is 54.9 Å². The van der Waals surface area contributed by atoms with Crippen LogP contribution in [0, 0.1) is 11.3 Å². The number of benzene rings is 2. The predicted octanol–water partition coefficient (Wildman–Crippen LogP) is 4.12. The van der Waals surface area contributed by atoms with Gasteiger partial charge in [-0.05, 0) is 53.8 Å². The summed E-state index contributed by atoms with van der Waals surface area (Å²) < 4.78 is 0. The first-order chi connectivity index (χ1) is 13.2. The maximum Gasteiger partial charge on any atom is 0.227 e. The monoisotopic (exact) mass is 351 g/mol. The van der Waals surface area contributed by atoms with Gasteiger partial charge >= 0.3 is 0 Å². The molecular formula is C23H17N3O. The van der Waals surface area contributed by atoms with Gasteiger partial charge in [-0.25, -0.2) is 0 Å². The van der Waals surface area contributed by atoms with E-state index < -0.39 is 0 Å². The molecule has 3 heterocycles. The van der Waals surface area contributed by atoms with Crippen LogP contribution in [-0.4, -0.2) is 17.4 Å². The van der Waals surface area contributed by atoms with Crippen LogP contribution in [0.4, 0.5) is 5.69 Å². The van der Waals surface area contributed by atoms with Gasteiger partial charge in [-0.2, -0.15) is 5.26 Å². The maximum absolute atomic E-state index is 12.1. The minimum atomic E-state index is 0.241. The number of hydrogen-bond acceptors (Lipinski definition) is 3. The topological polar surface area (TPSA) is 57.0 Å². The van der Waals surface area contributed by atoms with Gasteiger partial charge < -0.3 is 4.90 Å². The summed E-state index contributed by atoms with van der Waals surface area (Å²) in [6.07, 6.45) is 5.97. The summed E-state index contributed by atoms with van der Waals surface area (Å²) in [6, 6.07) is 16.3. The Morgan fingerprint density at radius 1 is 0.926 bits per heavy atom. The van der Waals surface area contributed by atoms with Gasteiger partial charge in [0.1, 0.15) is 0 Å². The molecule has 2 aromatic carbocycles. The Balaban J connectivity index is 1.61. The molecule has 0 atom stereocenters. The summed E-state index contributed by atoms with van der Waals surface area (Å²) in [7, 11) is 0. The van der Waals surface area contributed by atoms with Crippen molar-refractivity contribution in [1.29, 1.82) is 5.26 Å². The van der Waals surface area contributed by atoms with Crippen molar-refractivity contribution < 1.29 is 4.79 Å². The molecule has 0 unspecified atom stereocenters. The zero-order valence-corrected chi connectivity index (χ0v) is 14.8. The molecule has 0 radical (unpaired) electrons. The van der Waals surface area contributed by atoms with E-state index in [2.05, 4.69) is 29.3 Å². The molecule has 0 aliphatic carbocycles. The molecule has 5 rings (SSSR count). The number of pyridine rings is 1. The molecule has 0 fully saturated rings. The summed E-state index contributed by atoms with van der Waals surface area (Å²) >= 11 is 0. The van der Waals surface area contributed by atoms with Gasteiger partial charge in [-0.3, -0.25) is 9.78 Å². The highest BCUT2D eigenvalue weighted by molar-refractivity contribution is 5.99. The molecule has 0 saturated heterocycles. The van der Waals surface area contributed by atoms with Crippen LogP contribution in [-0.2, 0) is 17.6 Å². The van der Waals surface area contributed by atoms with E-state index in [1.807, 2.05) is 35.4 Å². The van der Waals surface area contributed by atoms with Crippen LogP contribution in [0.25, 0.3) is 22.3 Å². The third-order valence-corrected chi connectivity index (χ3v) is 5.48. The molecule has 0 saturated carbocycles. The van der Waals surface area contributed by atoms with Crippen molar-refractivity contribution >= 4 is 11.6 Å². The third kappa shape index (κ3) is 2.51. The SMILES string of the molecule is N#Cc1ccccc1-c1cncc(-c2cc3c4c(c2)CCN4C(=O)CC3)c1. The fraction of sp³-hybridized carbons (Fsp3) is 0.174. The van der Waals surface area contributed by atoms with Crippen molar-refractivity contribution in [2.75, 3.05) is 11.4 Å². The summed E-state index contributed by atoms with van der Waals surface area (Å²) in [5, 5.41) is 9.39. The van der Waals surface area contributed by atoms with Crippen molar-refractivity contribution in [3.63, 3.8) is 0 Å². The van der Waals surface area contributed by atoms with E-state index in [4.69, 9.17) is 0 Å². The molecule has 3 aromatic rings. The fourth-order valence-corrected chi connectivity index (χ4v) is 4.20. The van der Waals surface area contributed by atoms with Crippen LogP contribution in [0.2, 0.25) is 0 Å². The number of hydrogen-bond donors (Lipinski definition) is 0. The number of aryl methyl sites for hydroxylation is 1. The number of nitrogens with zero attached hydrogens (tertiary/aromatic N) is 3. The summed E-state index contributed by atoms with van der Waals surface area (Å²) in [4.78, 5) is 18.5. The second-order valence-corrected chi connectivity index (χ2v) is 7.06. The summed E-state index contributed by atoms with van der Waals surface area (Å²) in [5.74, 6) is 0.241. The van der Waals surface area contributed by atoms with E-state index in [1.165, 1.54) is 11.1 Å². The highest BCUT2D eigenvalue weighted by Gasteiger charge is 2.31. The van der Waals surface area contributed by atoms with Gasteiger partial charge in [0.25, 0.3) is 0 Å². The lowest BCUT2D eigenvalue weighted by Crippen LogP contribution is -2.32. The normalized spacial score (nSPS) is 14.8. The van der Waals surface area contributed by atoms with Gasteiger partial charge in [-0.15, -0.1) is 0 Å². The number of amides is 1. The van der Waals surface area contributed by atoms with Gasteiger partial charge in [0.15, 0.2) is 0 Å². The van der Waals surface area contributed by atoms with E-state index in [0.717, 1.165) is 47.3 Å². The number of carbonyl (C=O) groups is 1. The van der Waals surface area contributed by atoms with Gasteiger partial charge in [0.2, 0.25) is 5.91 Å². The second kappa shape index (κ2) is 6.07. The first-order valence-electron chi connectivity index (χ1n) is 9.15. The number of nitriles is 1. The van der Waals surface area contributed by atoms with Crippen LogP contribution in [0.5, 0.6) is 0 Å². The van der Waals surface area contributed by atoms with E-state index in [9.17, 15) is 10.1 Å². The van der Waals surface area contributed by atoms with E-state index in [1.54, 1.807) is 6.20 Å². The van der Waals surface area contributed by atoms with Crippen molar-refractivity contribution in [2.45, 2.75) is 19.3 Å².